The lowest BCUT2D eigenvalue weighted by molar-refractivity contribution is -0.0762. The fourth-order valence-corrected chi connectivity index (χ4v) is 8.31. The Hall–Kier alpha value is -1.63. The van der Waals surface area contributed by atoms with Gasteiger partial charge in [0.25, 0.3) is 5.56 Å². The summed E-state index contributed by atoms with van der Waals surface area (Å²) in [6, 6.07) is 0.899. The third-order valence-electron chi connectivity index (χ3n) is 9.10. The van der Waals surface area contributed by atoms with Crippen LogP contribution in [0.25, 0.3) is 0 Å². The summed E-state index contributed by atoms with van der Waals surface area (Å²) in [5.41, 5.74) is -4.32. The minimum absolute atomic E-state index is 0.666. The highest BCUT2D eigenvalue weighted by molar-refractivity contribution is 7.66. The van der Waals surface area contributed by atoms with Crippen LogP contribution in [-0.2, 0) is 31.6 Å². The molecule has 2 heterocycles. The van der Waals surface area contributed by atoms with E-state index in [0.717, 1.165) is 12.3 Å². The summed E-state index contributed by atoms with van der Waals surface area (Å²) in [6.07, 6.45) is -4.52. The lowest BCUT2D eigenvalue weighted by Crippen LogP contribution is -2.48. The zero-order chi connectivity index (χ0) is 47.3. The largest absolute Gasteiger partial charge is 0.490 e. The number of H-pyrrole nitrogens is 1. The van der Waals surface area contributed by atoms with Gasteiger partial charge in [0.2, 0.25) is 0 Å². The number of hydrogen-bond acceptors (Lipinski definition) is 15. The fourth-order valence-electron chi connectivity index (χ4n) is 5.28. The second-order valence-electron chi connectivity index (χ2n) is 12.6. The Morgan fingerprint density at radius 2 is 1.07 bits per heavy atom. The topological polar surface area (TPSA) is 277 Å². The highest BCUT2D eigenvalue weighted by atomic mass is 31.3. The summed E-state index contributed by atoms with van der Waals surface area (Å²) in [5, 5.41) is 21.2. The van der Waals surface area contributed by atoms with Crippen LogP contribution in [0, 0.1) is 11.8 Å². The van der Waals surface area contributed by atoms with Crippen LogP contribution in [0.3, 0.4) is 0 Å². The van der Waals surface area contributed by atoms with Crippen molar-refractivity contribution in [2.45, 2.75) is 114 Å². The van der Waals surface area contributed by atoms with Crippen LogP contribution >= 0.6 is 23.5 Å². The van der Waals surface area contributed by atoms with Gasteiger partial charge in [-0.2, -0.15) is 8.62 Å². The van der Waals surface area contributed by atoms with Gasteiger partial charge in [-0.15, -0.1) is 5.92 Å². The van der Waals surface area contributed by atoms with Crippen LogP contribution in [0.15, 0.2) is 21.9 Å². The number of aromatic nitrogens is 2. The first kappa shape index (κ1) is 62.7. The molecule has 0 radical (unpaired) electrons. The lowest BCUT2D eigenvalue weighted by atomic mass is 9.94. The van der Waals surface area contributed by atoms with Gasteiger partial charge in [0.15, 0.2) is 11.8 Å². The quantitative estimate of drug-likeness (QED) is 0.0730. The molecule has 1 aromatic heterocycles. The molecule has 2 rings (SSSR count). The van der Waals surface area contributed by atoms with E-state index < -0.39 is 65.4 Å². The average Bonchev–Trinajstić information content (AvgIpc) is 3.41. The Labute approximate surface area is 357 Å². The summed E-state index contributed by atoms with van der Waals surface area (Å²) in [5.74, 6) is 4.52. The molecule has 1 saturated heterocycles. The zero-order valence-corrected chi connectivity index (χ0v) is 40.7. The molecule has 1 aromatic rings. The third kappa shape index (κ3) is 26.1. The number of aliphatic hydroxyl groups excluding tert-OH is 1. The van der Waals surface area contributed by atoms with Crippen molar-refractivity contribution in [2.75, 3.05) is 85.1 Å². The second-order valence-corrected chi connectivity index (χ2v) is 17.0. The van der Waals surface area contributed by atoms with E-state index in [2.05, 4.69) is 128 Å². The maximum atomic E-state index is 12.0. The summed E-state index contributed by atoms with van der Waals surface area (Å²) in [7, 11) is -16.9. The Balaban J connectivity index is -0.000000930. The van der Waals surface area contributed by atoms with Crippen molar-refractivity contribution in [1.29, 1.82) is 0 Å². The number of nitrogens with one attached hydrogen (secondary N) is 1. The van der Waals surface area contributed by atoms with Gasteiger partial charge in [-0.05, 0) is 85.5 Å². The molecule has 2 unspecified atom stereocenters. The van der Waals surface area contributed by atoms with Crippen molar-refractivity contribution in [2.24, 2.45) is 0 Å². The number of phosphoric ester groups is 1. The zero-order valence-electron chi connectivity index (χ0n) is 38.0. The third-order valence-corrected chi connectivity index (χ3v) is 12.9. The number of phosphoric acid groups is 3. The Morgan fingerprint density at radius 1 is 0.700 bits per heavy atom. The van der Waals surface area contributed by atoms with Crippen molar-refractivity contribution < 1.29 is 61.4 Å². The van der Waals surface area contributed by atoms with Gasteiger partial charge in [0.1, 0.15) is 12.2 Å². The van der Waals surface area contributed by atoms with E-state index >= 15 is 0 Å². The van der Waals surface area contributed by atoms with Gasteiger partial charge >= 0.3 is 29.2 Å². The van der Waals surface area contributed by atoms with Crippen LogP contribution in [0.5, 0.6) is 0 Å². The van der Waals surface area contributed by atoms with Crippen LogP contribution in [0.4, 0.5) is 0 Å². The van der Waals surface area contributed by atoms with Crippen LogP contribution in [0.2, 0.25) is 0 Å². The van der Waals surface area contributed by atoms with Gasteiger partial charge < -0.3 is 54.1 Å². The number of rotatable bonds is 20. The molecule has 0 aromatic carbocycles. The summed E-state index contributed by atoms with van der Waals surface area (Å²) in [6.45, 7) is 40.7. The van der Waals surface area contributed by atoms with E-state index in [1.165, 1.54) is 85.5 Å². The number of hydrogen-bond donors (Lipinski definition) is 7. The smallest absolute Gasteiger partial charge is 0.386 e. The number of aliphatic hydroxyl groups is 2. The predicted molar refractivity (Wildman–Crippen MR) is 233 cm³/mol. The van der Waals surface area contributed by atoms with Crippen molar-refractivity contribution in [3.05, 3.63) is 33.1 Å². The van der Waals surface area contributed by atoms with Crippen molar-refractivity contribution in [3.63, 3.8) is 0 Å². The standard InChI is InChI=1S/C12H17N2O15P3.4C6H15N/c1-2-4-12(18)9(16)7(27-10(12)14-5-3-8(15)13-11(14)17)6-26-31(22,23)29-32(24,25)28-30(19,20)21;4*1-4-7(5-2)6-3/h3,5,7,9-10,16,18H,6H2,1H3,(H,22,23)(H,24,25)(H,13,15,17)(H2,19,20,21);4*4-6H2,1-3H3/t7-,9-,10-,12+;;;;/m1..../s1. The number of aromatic amines is 1. The Morgan fingerprint density at radius 3 is 1.35 bits per heavy atom. The molecular weight excluding hydrogens is 849 g/mol. The van der Waals surface area contributed by atoms with Crippen molar-refractivity contribution in [1.82, 2.24) is 29.2 Å². The van der Waals surface area contributed by atoms with E-state index in [9.17, 15) is 38.4 Å². The molecule has 0 aliphatic carbocycles. The SMILES string of the molecule is CC#C[C@]1(O)[C@H](O)[C@@H](COP(=O)(O)OP(=O)(O)OP(=O)(O)O)O[C@H]1n1ccc(=O)[nH]c1=O.CCN(CC)CC.CCN(CC)CC.CCN(CC)CC.CCN(CC)CC. The molecule has 0 bridgehead atoms. The molecule has 6 atom stereocenters. The van der Waals surface area contributed by atoms with Gasteiger partial charge in [-0.1, -0.05) is 89.0 Å². The molecule has 1 fully saturated rings. The molecule has 21 nitrogen and oxygen atoms in total. The minimum atomic E-state index is -5.77. The van der Waals surface area contributed by atoms with Gasteiger partial charge in [0, 0.05) is 12.3 Å². The Bertz CT molecular complexity index is 1520. The van der Waals surface area contributed by atoms with Gasteiger partial charge in [-0.3, -0.25) is 18.9 Å². The maximum Gasteiger partial charge on any atom is 0.490 e. The minimum Gasteiger partial charge on any atom is -0.386 e. The van der Waals surface area contributed by atoms with Crippen molar-refractivity contribution in [3.8, 4) is 11.8 Å². The second kappa shape index (κ2) is 33.0. The van der Waals surface area contributed by atoms with Crippen LogP contribution < -0.4 is 11.2 Å². The van der Waals surface area contributed by atoms with Gasteiger partial charge in [0.05, 0.1) is 6.61 Å². The first-order valence-corrected chi connectivity index (χ1v) is 24.9. The first-order chi connectivity index (χ1) is 27.9. The summed E-state index contributed by atoms with van der Waals surface area (Å²) >= 11 is 0. The molecule has 7 N–H and O–H groups in total. The van der Waals surface area contributed by atoms with E-state index in [0.29, 0.717) is 4.57 Å². The predicted octanol–water partition coefficient (Wildman–Crippen LogP) is 3.29. The maximum absolute atomic E-state index is 12.0. The molecule has 0 spiro atoms. The molecule has 1 aliphatic heterocycles. The molecular formula is C36H77N6O15P3. The van der Waals surface area contributed by atoms with E-state index in [-0.39, 0.29) is 0 Å². The summed E-state index contributed by atoms with van der Waals surface area (Å²) in [4.78, 5) is 70.3. The highest BCUT2D eigenvalue weighted by Gasteiger charge is 2.56. The van der Waals surface area contributed by atoms with E-state index in [4.69, 9.17) is 19.4 Å². The van der Waals surface area contributed by atoms with Gasteiger partial charge in [-0.25, -0.2) is 18.5 Å². The normalized spacial score (nSPS) is 20.6. The van der Waals surface area contributed by atoms with Crippen molar-refractivity contribution >= 4 is 23.5 Å². The first-order valence-electron chi connectivity index (χ1n) is 20.4. The number of nitrogens with zero attached hydrogens (tertiary/aromatic N) is 5. The highest BCUT2D eigenvalue weighted by Crippen LogP contribution is 2.66. The molecule has 24 heteroatoms. The van der Waals surface area contributed by atoms with Crippen LogP contribution in [0.1, 0.15) is 96.2 Å². The average molecular weight is 927 g/mol. The van der Waals surface area contributed by atoms with Crippen LogP contribution in [-0.4, -0.2) is 162 Å². The molecule has 356 valence electrons. The summed E-state index contributed by atoms with van der Waals surface area (Å²) < 4.78 is 51.2. The Kier molecular flexibility index (Phi) is 34.4. The fraction of sp³-hybridized carbons (Fsp3) is 0.833. The van der Waals surface area contributed by atoms with E-state index in [1.807, 2.05) is 4.98 Å². The molecule has 60 heavy (non-hydrogen) atoms. The monoisotopic (exact) mass is 926 g/mol. The molecule has 0 amide bonds. The molecule has 1 aliphatic rings. The molecule has 0 saturated carbocycles. The lowest BCUT2D eigenvalue weighted by Gasteiger charge is -2.26. The number of ether oxygens (including phenoxy) is 1. The van der Waals surface area contributed by atoms with E-state index in [1.54, 1.807) is 0 Å².